The van der Waals surface area contributed by atoms with Gasteiger partial charge in [0, 0.05) is 12.3 Å². The Morgan fingerprint density at radius 3 is 2.31 bits per heavy atom. The number of hydrogen-bond donors (Lipinski definition) is 1. The van der Waals surface area contributed by atoms with Crippen molar-refractivity contribution < 1.29 is 0 Å². The van der Waals surface area contributed by atoms with E-state index in [2.05, 4.69) is 4.98 Å². The molecule has 0 spiro atoms. The Morgan fingerprint density at radius 1 is 1.00 bits per heavy atom. The number of H-pyrrole nitrogens is 1. The Kier molecular flexibility index (Phi) is 4.52. The Hall–Kier alpha value is -0.990. The molecule has 13 heavy (non-hydrogen) atoms. The number of benzene rings is 1. The van der Waals surface area contributed by atoms with E-state index in [1.54, 1.807) is 12.3 Å². The van der Waals surface area contributed by atoms with Gasteiger partial charge in [0.2, 0.25) is 5.56 Å². The van der Waals surface area contributed by atoms with Gasteiger partial charge in [-0.15, -0.1) is 24.8 Å². The highest BCUT2D eigenvalue weighted by molar-refractivity contribution is 5.85. The Labute approximate surface area is 87.8 Å². The summed E-state index contributed by atoms with van der Waals surface area (Å²) in [7, 11) is 0. The second kappa shape index (κ2) is 4.90. The van der Waals surface area contributed by atoms with Crippen LogP contribution in [0.25, 0.3) is 10.8 Å². The number of fused-ring (bicyclic) bond motifs is 1. The fourth-order valence-electron chi connectivity index (χ4n) is 1.11. The molecule has 1 heterocycles. The molecular formula is C9H9Cl2NO. The maximum Gasteiger partial charge on any atom is 0.248 e. The highest BCUT2D eigenvalue weighted by Gasteiger charge is 1.89. The first-order valence-corrected chi connectivity index (χ1v) is 3.44. The Balaban J connectivity index is 0.000000720. The van der Waals surface area contributed by atoms with Crippen molar-refractivity contribution in [2.45, 2.75) is 0 Å². The average Bonchev–Trinajstić information content (AvgIpc) is 2.04. The minimum absolute atomic E-state index is 0. The molecule has 1 aromatic carbocycles. The van der Waals surface area contributed by atoms with Gasteiger partial charge in [-0.1, -0.05) is 24.3 Å². The number of halogens is 2. The van der Waals surface area contributed by atoms with Crippen molar-refractivity contribution in [1.29, 1.82) is 0 Å². The minimum atomic E-state index is -0.0521. The van der Waals surface area contributed by atoms with Crippen LogP contribution in [0.4, 0.5) is 0 Å². The van der Waals surface area contributed by atoms with E-state index in [1.807, 2.05) is 24.3 Å². The molecule has 70 valence electrons. The number of hydrogen-bond acceptors (Lipinski definition) is 1. The largest absolute Gasteiger partial charge is 0.328 e. The molecule has 4 heteroatoms. The summed E-state index contributed by atoms with van der Waals surface area (Å²) < 4.78 is 0. The highest BCUT2D eigenvalue weighted by atomic mass is 35.5. The monoisotopic (exact) mass is 217 g/mol. The molecule has 2 rings (SSSR count). The molecular weight excluding hydrogens is 209 g/mol. The van der Waals surface area contributed by atoms with Crippen molar-refractivity contribution in [2.24, 2.45) is 0 Å². The topological polar surface area (TPSA) is 32.9 Å². The van der Waals surface area contributed by atoms with Gasteiger partial charge in [-0.05, 0) is 10.8 Å². The third kappa shape index (κ3) is 2.47. The zero-order valence-electron chi connectivity index (χ0n) is 6.69. The van der Waals surface area contributed by atoms with Gasteiger partial charge in [0.05, 0.1) is 0 Å². The van der Waals surface area contributed by atoms with Crippen molar-refractivity contribution in [2.75, 3.05) is 0 Å². The molecule has 0 atom stereocenters. The van der Waals surface area contributed by atoms with Crippen molar-refractivity contribution in [1.82, 2.24) is 4.98 Å². The van der Waals surface area contributed by atoms with Crippen molar-refractivity contribution in [3.63, 3.8) is 0 Å². The van der Waals surface area contributed by atoms with E-state index in [9.17, 15) is 4.79 Å². The molecule has 1 aromatic heterocycles. The first kappa shape index (κ1) is 12.0. The van der Waals surface area contributed by atoms with E-state index in [4.69, 9.17) is 0 Å². The first-order chi connectivity index (χ1) is 5.36. The number of aromatic nitrogens is 1. The van der Waals surface area contributed by atoms with Crippen LogP contribution in [-0.4, -0.2) is 4.98 Å². The van der Waals surface area contributed by atoms with E-state index < -0.39 is 0 Å². The molecule has 0 bridgehead atoms. The summed E-state index contributed by atoms with van der Waals surface area (Å²) in [5.74, 6) is 0. The molecule has 2 nitrogen and oxygen atoms in total. The number of aromatic amines is 1. The van der Waals surface area contributed by atoms with Gasteiger partial charge in [-0.25, -0.2) is 0 Å². The van der Waals surface area contributed by atoms with Gasteiger partial charge in [-0.3, -0.25) is 4.79 Å². The summed E-state index contributed by atoms with van der Waals surface area (Å²) in [6.45, 7) is 0. The summed E-state index contributed by atoms with van der Waals surface area (Å²) in [5, 5.41) is 2.04. The van der Waals surface area contributed by atoms with Crippen LogP contribution in [0.5, 0.6) is 0 Å². The highest BCUT2D eigenvalue weighted by Crippen LogP contribution is 2.07. The van der Waals surface area contributed by atoms with Crippen LogP contribution in [0, 0.1) is 0 Å². The molecule has 0 aliphatic heterocycles. The number of nitrogens with one attached hydrogen (secondary N) is 1. The molecule has 0 saturated heterocycles. The Bertz CT molecular complexity index is 439. The van der Waals surface area contributed by atoms with Crippen LogP contribution < -0.4 is 5.56 Å². The number of rotatable bonds is 0. The van der Waals surface area contributed by atoms with Crippen LogP contribution >= 0.6 is 24.8 Å². The van der Waals surface area contributed by atoms with Crippen LogP contribution in [0.2, 0.25) is 0 Å². The van der Waals surface area contributed by atoms with E-state index in [1.165, 1.54) is 0 Å². The quantitative estimate of drug-likeness (QED) is 0.723. The molecule has 0 aliphatic rings. The zero-order valence-corrected chi connectivity index (χ0v) is 8.32. The molecule has 0 fully saturated rings. The normalized spacial score (nSPS) is 8.62. The van der Waals surface area contributed by atoms with Crippen LogP contribution in [-0.2, 0) is 0 Å². The van der Waals surface area contributed by atoms with Gasteiger partial charge in [0.25, 0.3) is 0 Å². The van der Waals surface area contributed by atoms with E-state index in [-0.39, 0.29) is 30.4 Å². The molecule has 0 saturated carbocycles. The molecule has 0 amide bonds. The second-order valence-electron chi connectivity index (χ2n) is 2.43. The SMILES string of the molecule is Cl.Cl.O=c1cc2ccccc2c[nH]1. The van der Waals surface area contributed by atoms with Gasteiger partial charge >= 0.3 is 0 Å². The predicted molar refractivity (Wildman–Crippen MR) is 59.1 cm³/mol. The van der Waals surface area contributed by atoms with Crippen LogP contribution in [0.1, 0.15) is 0 Å². The van der Waals surface area contributed by atoms with Gasteiger partial charge < -0.3 is 4.98 Å². The summed E-state index contributed by atoms with van der Waals surface area (Å²) in [6.07, 6.45) is 1.72. The van der Waals surface area contributed by atoms with E-state index >= 15 is 0 Å². The number of pyridine rings is 1. The third-order valence-corrected chi connectivity index (χ3v) is 1.65. The molecule has 2 aromatic rings. The molecule has 0 radical (unpaired) electrons. The molecule has 1 N–H and O–H groups in total. The fourth-order valence-corrected chi connectivity index (χ4v) is 1.11. The predicted octanol–water partition coefficient (Wildman–Crippen LogP) is 2.37. The lowest BCUT2D eigenvalue weighted by Crippen LogP contribution is -2.00. The van der Waals surface area contributed by atoms with E-state index in [0.717, 1.165) is 10.8 Å². The smallest absolute Gasteiger partial charge is 0.248 e. The lowest BCUT2D eigenvalue weighted by Gasteiger charge is -1.92. The lowest BCUT2D eigenvalue weighted by molar-refractivity contribution is 1.27. The van der Waals surface area contributed by atoms with Gasteiger partial charge in [-0.2, -0.15) is 0 Å². The summed E-state index contributed by atoms with van der Waals surface area (Å²) in [6, 6.07) is 9.34. The summed E-state index contributed by atoms with van der Waals surface area (Å²) in [5.41, 5.74) is -0.0521. The van der Waals surface area contributed by atoms with Crippen molar-refractivity contribution in [3.8, 4) is 0 Å². The first-order valence-electron chi connectivity index (χ1n) is 3.44. The van der Waals surface area contributed by atoms with Gasteiger partial charge in [0.1, 0.15) is 0 Å². The summed E-state index contributed by atoms with van der Waals surface area (Å²) >= 11 is 0. The Morgan fingerprint density at radius 2 is 1.62 bits per heavy atom. The third-order valence-electron chi connectivity index (χ3n) is 1.65. The lowest BCUT2D eigenvalue weighted by atomic mass is 10.2. The average molecular weight is 218 g/mol. The second-order valence-corrected chi connectivity index (χ2v) is 2.43. The van der Waals surface area contributed by atoms with E-state index in [0.29, 0.717) is 0 Å². The molecule has 0 aliphatic carbocycles. The standard InChI is InChI=1S/C9H7NO.2ClH/c11-9-5-7-3-1-2-4-8(7)6-10-9;;/h1-6H,(H,10,11);2*1H. The van der Waals surface area contributed by atoms with Crippen molar-refractivity contribution in [3.05, 3.63) is 46.9 Å². The van der Waals surface area contributed by atoms with Crippen LogP contribution in [0.15, 0.2) is 41.3 Å². The maximum atomic E-state index is 10.8. The van der Waals surface area contributed by atoms with Gasteiger partial charge in [0.15, 0.2) is 0 Å². The zero-order chi connectivity index (χ0) is 7.68. The summed E-state index contributed by atoms with van der Waals surface area (Å²) in [4.78, 5) is 13.4. The maximum absolute atomic E-state index is 10.8. The fraction of sp³-hybridized carbons (Fsp3) is 0. The minimum Gasteiger partial charge on any atom is -0.328 e. The van der Waals surface area contributed by atoms with Crippen molar-refractivity contribution >= 4 is 35.6 Å². The van der Waals surface area contributed by atoms with Crippen LogP contribution in [0.3, 0.4) is 0 Å². The molecule has 0 unspecified atom stereocenters.